The van der Waals surface area contributed by atoms with Gasteiger partial charge in [0.1, 0.15) is 5.75 Å². The van der Waals surface area contributed by atoms with Crippen LogP contribution >= 0.6 is 0 Å². The standard InChI is InChI=1S/C14H22N2O4S/c1-5-10(2)15-14(17)11(3)16-21(18,19)13-8-6-12(20-4)7-9-13/h6-11,16H,5H2,1-4H3,(H,15,17)/t10-,11-/m1/s1. The van der Waals surface area contributed by atoms with Gasteiger partial charge in [-0.25, -0.2) is 8.42 Å². The summed E-state index contributed by atoms with van der Waals surface area (Å²) in [5.74, 6) is 0.220. The van der Waals surface area contributed by atoms with Gasteiger partial charge in [0, 0.05) is 6.04 Å². The first-order valence-electron chi connectivity index (χ1n) is 6.77. The van der Waals surface area contributed by atoms with Gasteiger partial charge in [-0.15, -0.1) is 0 Å². The molecule has 0 aliphatic rings. The minimum atomic E-state index is -3.74. The predicted octanol–water partition coefficient (Wildman–Crippen LogP) is 1.28. The lowest BCUT2D eigenvalue weighted by Gasteiger charge is -2.17. The second-order valence-electron chi connectivity index (χ2n) is 4.84. The van der Waals surface area contributed by atoms with Crippen molar-refractivity contribution < 1.29 is 17.9 Å². The average molecular weight is 314 g/mol. The molecule has 1 aromatic rings. The van der Waals surface area contributed by atoms with Crippen LogP contribution in [0.1, 0.15) is 27.2 Å². The highest BCUT2D eigenvalue weighted by Crippen LogP contribution is 2.15. The third kappa shape index (κ3) is 5.02. The van der Waals surface area contributed by atoms with Gasteiger partial charge in [-0.2, -0.15) is 4.72 Å². The van der Waals surface area contributed by atoms with E-state index >= 15 is 0 Å². The Morgan fingerprint density at radius 2 is 1.81 bits per heavy atom. The second-order valence-corrected chi connectivity index (χ2v) is 6.55. The smallest absolute Gasteiger partial charge is 0.241 e. The quantitative estimate of drug-likeness (QED) is 0.794. The highest BCUT2D eigenvalue weighted by Gasteiger charge is 2.22. The monoisotopic (exact) mass is 314 g/mol. The summed E-state index contributed by atoms with van der Waals surface area (Å²) in [7, 11) is -2.24. The van der Waals surface area contributed by atoms with Gasteiger partial charge >= 0.3 is 0 Å². The fourth-order valence-electron chi connectivity index (χ4n) is 1.58. The summed E-state index contributed by atoms with van der Waals surface area (Å²) in [5.41, 5.74) is 0. The molecule has 7 heteroatoms. The number of amides is 1. The number of benzene rings is 1. The molecule has 0 saturated carbocycles. The Morgan fingerprint density at radius 1 is 1.24 bits per heavy atom. The van der Waals surface area contributed by atoms with Crippen molar-refractivity contribution >= 4 is 15.9 Å². The topological polar surface area (TPSA) is 84.5 Å². The summed E-state index contributed by atoms with van der Waals surface area (Å²) in [6, 6.07) is 5.13. The van der Waals surface area contributed by atoms with Crippen molar-refractivity contribution in [2.75, 3.05) is 7.11 Å². The molecule has 1 amide bonds. The molecule has 1 aromatic carbocycles. The molecule has 118 valence electrons. The molecule has 0 unspecified atom stereocenters. The molecule has 0 saturated heterocycles. The summed E-state index contributed by atoms with van der Waals surface area (Å²) in [6.07, 6.45) is 0.781. The molecule has 0 spiro atoms. The number of nitrogens with one attached hydrogen (secondary N) is 2. The summed E-state index contributed by atoms with van der Waals surface area (Å²) < 4.78 is 31.7. The lowest BCUT2D eigenvalue weighted by Crippen LogP contribution is -2.47. The first kappa shape index (κ1) is 17.5. The number of methoxy groups -OCH3 is 1. The van der Waals surface area contributed by atoms with Gasteiger partial charge in [0.2, 0.25) is 15.9 Å². The van der Waals surface area contributed by atoms with Gasteiger partial charge in [-0.05, 0) is 44.5 Å². The van der Waals surface area contributed by atoms with Crippen LogP contribution in [0.5, 0.6) is 5.75 Å². The summed E-state index contributed by atoms with van der Waals surface area (Å²) >= 11 is 0. The maximum absolute atomic E-state index is 12.2. The van der Waals surface area contributed by atoms with Crippen LogP contribution < -0.4 is 14.8 Å². The number of ether oxygens (including phenoxy) is 1. The number of sulfonamides is 1. The van der Waals surface area contributed by atoms with Gasteiger partial charge in [0.15, 0.2) is 0 Å². The summed E-state index contributed by atoms with van der Waals surface area (Å²) in [5, 5.41) is 2.74. The predicted molar refractivity (Wildman–Crippen MR) is 80.7 cm³/mol. The number of carbonyl (C=O) groups is 1. The van der Waals surface area contributed by atoms with Gasteiger partial charge in [0.05, 0.1) is 18.0 Å². The van der Waals surface area contributed by atoms with Crippen LogP contribution in [0.15, 0.2) is 29.2 Å². The van der Waals surface area contributed by atoms with Crippen LogP contribution in [0.2, 0.25) is 0 Å². The zero-order valence-corrected chi connectivity index (χ0v) is 13.5. The molecule has 0 aliphatic heterocycles. The fourth-order valence-corrected chi connectivity index (χ4v) is 2.78. The van der Waals surface area contributed by atoms with Crippen molar-refractivity contribution in [3.05, 3.63) is 24.3 Å². The third-order valence-corrected chi connectivity index (χ3v) is 4.65. The summed E-state index contributed by atoms with van der Waals surface area (Å²) in [6.45, 7) is 5.32. The minimum absolute atomic E-state index is 0.00504. The number of carbonyl (C=O) groups excluding carboxylic acids is 1. The van der Waals surface area contributed by atoms with Crippen LogP contribution in [0.4, 0.5) is 0 Å². The number of rotatable bonds is 7. The highest BCUT2D eigenvalue weighted by molar-refractivity contribution is 7.89. The molecule has 0 fully saturated rings. The maximum Gasteiger partial charge on any atom is 0.241 e. The lowest BCUT2D eigenvalue weighted by atomic mass is 10.2. The molecule has 1 rings (SSSR count). The summed E-state index contributed by atoms with van der Waals surface area (Å²) in [4.78, 5) is 12.0. The minimum Gasteiger partial charge on any atom is -0.497 e. The highest BCUT2D eigenvalue weighted by atomic mass is 32.2. The van der Waals surface area contributed by atoms with E-state index in [0.29, 0.717) is 5.75 Å². The number of hydrogen-bond acceptors (Lipinski definition) is 4. The van der Waals surface area contributed by atoms with E-state index in [1.807, 2.05) is 13.8 Å². The van der Waals surface area contributed by atoms with E-state index in [0.717, 1.165) is 6.42 Å². The molecule has 2 N–H and O–H groups in total. The first-order valence-corrected chi connectivity index (χ1v) is 8.25. The lowest BCUT2D eigenvalue weighted by molar-refractivity contribution is -0.122. The van der Waals surface area contributed by atoms with Crippen molar-refractivity contribution in [2.45, 2.75) is 44.2 Å². The Labute approximate surface area is 125 Å². The molecule has 2 atom stereocenters. The first-order chi connectivity index (χ1) is 9.80. The van der Waals surface area contributed by atoms with E-state index in [9.17, 15) is 13.2 Å². The zero-order valence-electron chi connectivity index (χ0n) is 12.7. The number of hydrogen-bond donors (Lipinski definition) is 2. The van der Waals surface area contributed by atoms with Gasteiger partial charge < -0.3 is 10.1 Å². The molecule has 0 radical (unpaired) electrons. The van der Waals surface area contributed by atoms with Crippen LogP contribution in [-0.2, 0) is 14.8 Å². The van der Waals surface area contributed by atoms with Gasteiger partial charge in [-0.3, -0.25) is 4.79 Å². The molecular formula is C14H22N2O4S. The van der Waals surface area contributed by atoms with Crippen molar-refractivity contribution in [3.63, 3.8) is 0 Å². The Bertz CT molecular complexity index is 569. The molecular weight excluding hydrogens is 292 g/mol. The Morgan fingerprint density at radius 3 is 2.29 bits per heavy atom. The maximum atomic E-state index is 12.2. The average Bonchev–Trinajstić information content (AvgIpc) is 2.46. The van der Waals surface area contributed by atoms with E-state index in [1.165, 1.54) is 26.2 Å². The van der Waals surface area contributed by atoms with E-state index in [4.69, 9.17) is 4.74 Å². The normalized spacial score (nSPS) is 14.3. The molecule has 6 nitrogen and oxygen atoms in total. The van der Waals surface area contributed by atoms with Crippen molar-refractivity contribution in [2.24, 2.45) is 0 Å². The Balaban J connectivity index is 2.77. The molecule has 21 heavy (non-hydrogen) atoms. The zero-order chi connectivity index (χ0) is 16.0. The third-order valence-electron chi connectivity index (χ3n) is 3.10. The molecule has 0 bridgehead atoms. The van der Waals surface area contributed by atoms with Gasteiger partial charge in [-0.1, -0.05) is 6.92 Å². The van der Waals surface area contributed by atoms with Crippen molar-refractivity contribution in [1.29, 1.82) is 0 Å². The van der Waals surface area contributed by atoms with E-state index in [1.54, 1.807) is 12.1 Å². The largest absolute Gasteiger partial charge is 0.497 e. The van der Waals surface area contributed by atoms with Crippen molar-refractivity contribution in [3.8, 4) is 5.75 Å². The van der Waals surface area contributed by atoms with Crippen LogP contribution in [-0.4, -0.2) is 33.5 Å². The molecule has 0 aliphatic carbocycles. The van der Waals surface area contributed by atoms with Crippen LogP contribution in [0.3, 0.4) is 0 Å². The fraction of sp³-hybridized carbons (Fsp3) is 0.500. The second kappa shape index (κ2) is 7.42. The molecule has 0 aromatic heterocycles. The molecule has 0 heterocycles. The van der Waals surface area contributed by atoms with Crippen molar-refractivity contribution in [1.82, 2.24) is 10.0 Å². The SMILES string of the molecule is CC[C@@H](C)NC(=O)[C@@H](C)NS(=O)(=O)c1ccc(OC)cc1. The van der Waals surface area contributed by atoms with Crippen LogP contribution in [0, 0.1) is 0 Å². The van der Waals surface area contributed by atoms with Gasteiger partial charge in [0.25, 0.3) is 0 Å². The van der Waals surface area contributed by atoms with E-state index in [-0.39, 0.29) is 16.8 Å². The van der Waals surface area contributed by atoms with E-state index in [2.05, 4.69) is 10.0 Å². The Kier molecular flexibility index (Phi) is 6.17. The van der Waals surface area contributed by atoms with Crippen LogP contribution in [0.25, 0.3) is 0 Å². The van der Waals surface area contributed by atoms with E-state index < -0.39 is 16.1 Å². The Hall–Kier alpha value is -1.60.